The standard InChI is InChI=1S/C28H32FN5O2S/c1-32(2)22-6-3-7-23(18-22)34-19-21(5-4-12-33-13-15-37(35,36)16-14-33)24-9-11-27(31-28(24)34)20-8-10-26(30)25(29)17-20/h3,6-11,17-19H,4-5,12-16,30H2,1-2H3. The highest BCUT2D eigenvalue weighted by atomic mass is 32.2. The lowest BCUT2D eigenvalue weighted by atomic mass is 10.1. The molecule has 4 aromatic rings. The molecule has 0 saturated carbocycles. The number of hydrogen-bond donors (Lipinski definition) is 1. The van der Waals surface area contributed by atoms with Crippen LogP contribution in [0.2, 0.25) is 0 Å². The third-order valence-electron chi connectivity index (χ3n) is 7.01. The van der Waals surface area contributed by atoms with E-state index in [1.165, 1.54) is 11.6 Å². The van der Waals surface area contributed by atoms with Gasteiger partial charge in [0.05, 0.1) is 22.9 Å². The molecule has 0 amide bonds. The quantitative estimate of drug-likeness (QED) is 0.368. The number of nitrogen functional groups attached to an aromatic ring is 1. The van der Waals surface area contributed by atoms with Crippen LogP contribution >= 0.6 is 0 Å². The van der Waals surface area contributed by atoms with Gasteiger partial charge in [0, 0.05) is 55.7 Å². The molecule has 1 aliphatic heterocycles. The minimum atomic E-state index is -2.88. The molecular formula is C28H32FN5O2S. The van der Waals surface area contributed by atoms with E-state index in [0.29, 0.717) is 24.3 Å². The second-order valence-corrected chi connectivity index (χ2v) is 12.1. The van der Waals surface area contributed by atoms with Crippen molar-refractivity contribution in [3.05, 3.63) is 72.2 Å². The molecule has 0 bridgehead atoms. The first-order chi connectivity index (χ1) is 17.7. The van der Waals surface area contributed by atoms with Crippen molar-refractivity contribution < 1.29 is 12.8 Å². The number of nitrogens with two attached hydrogens (primary N) is 1. The second kappa shape index (κ2) is 10.1. The van der Waals surface area contributed by atoms with E-state index in [-0.39, 0.29) is 17.2 Å². The van der Waals surface area contributed by atoms with E-state index in [2.05, 4.69) is 44.8 Å². The molecule has 0 radical (unpaired) electrons. The highest BCUT2D eigenvalue weighted by molar-refractivity contribution is 7.91. The van der Waals surface area contributed by atoms with Crippen LogP contribution in [-0.2, 0) is 16.3 Å². The molecule has 0 spiro atoms. The maximum Gasteiger partial charge on any atom is 0.152 e. The van der Waals surface area contributed by atoms with Gasteiger partial charge in [0.25, 0.3) is 0 Å². The summed E-state index contributed by atoms with van der Waals surface area (Å²) >= 11 is 0. The molecule has 0 unspecified atom stereocenters. The summed E-state index contributed by atoms with van der Waals surface area (Å²) in [5.41, 5.74) is 11.2. The third-order valence-corrected chi connectivity index (χ3v) is 8.62. The van der Waals surface area contributed by atoms with Gasteiger partial charge >= 0.3 is 0 Å². The molecule has 3 heterocycles. The zero-order valence-corrected chi connectivity index (χ0v) is 22.0. The largest absolute Gasteiger partial charge is 0.396 e. The Morgan fingerprint density at radius 3 is 2.57 bits per heavy atom. The summed E-state index contributed by atoms with van der Waals surface area (Å²) in [6.45, 7) is 2.06. The van der Waals surface area contributed by atoms with E-state index >= 15 is 0 Å². The molecule has 9 heteroatoms. The summed E-state index contributed by atoms with van der Waals surface area (Å²) < 4.78 is 39.8. The summed E-state index contributed by atoms with van der Waals surface area (Å²) in [6, 6.07) is 17.0. The molecule has 2 N–H and O–H groups in total. The fraction of sp³-hybridized carbons (Fsp3) is 0.321. The predicted octanol–water partition coefficient (Wildman–Crippen LogP) is 4.14. The zero-order valence-electron chi connectivity index (χ0n) is 21.2. The summed E-state index contributed by atoms with van der Waals surface area (Å²) in [7, 11) is 1.14. The first-order valence-electron chi connectivity index (χ1n) is 12.5. The Labute approximate surface area is 217 Å². The number of aryl methyl sites for hydroxylation is 1. The highest BCUT2D eigenvalue weighted by Gasteiger charge is 2.21. The molecular weight excluding hydrogens is 489 g/mol. The lowest BCUT2D eigenvalue weighted by molar-refractivity contribution is 0.292. The Bertz CT molecular complexity index is 1530. The van der Waals surface area contributed by atoms with Gasteiger partial charge in [-0.3, -0.25) is 0 Å². The highest BCUT2D eigenvalue weighted by Crippen LogP contribution is 2.30. The van der Waals surface area contributed by atoms with Crippen molar-refractivity contribution in [2.24, 2.45) is 0 Å². The van der Waals surface area contributed by atoms with Crippen LogP contribution in [0.4, 0.5) is 15.8 Å². The number of halogens is 1. The van der Waals surface area contributed by atoms with Gasteiger partial charge in [0.1, 0.15) is 11.5 Å². The molecule has 0 atom stereocenters. The number of sulfone groups is 1. The first kappa shape index (κ1) is 25.2. The molecule has 1 saturated heterocycles. The van der Waals surface area contributed by atoms with E-state index in [4.69, 9.17) is 10.7 Å². The topological polar surface area (TPSA) is 84.5 Å². The Kier molecular flexibility index (Phi) is 6.92. The molecule has 2 aromatic heterocycles. The number of benzene rings is 2. The molecule has 37 heavy (non-hydrogen) atoms. The summed E-state index contributed by atoms with van der Waals surface area (Å²) in [5.74, 6) is 0.0274. The van der Waals surface area contributed by atoms with Crippen molar-refractivity contribution >= 4 is 32.2 Å². The Morgan fingerprint density at radius 1 is 1.05 bits per heavy atom. The van der Waals surface area contributed by atoms with Crippen LogP contribution in [0, 0.1) is 5.82 Å². The Balaban J connectivity index is 1.49. The number of aromatic nitrogens is 2. The summed E-state index contributed by atoms with van der Waals surface area (Å²) in [4.78, 5) is 9.26. The fourth-order valence-corrected chi connectivity index (χ4v) is 6.08. The van der Waals surface area contributed by atoms with Crippen LogP contribution in [0.5, 0.6) is 0 Å². The number of rotatable bonds is 7. The smallest absolute Gasteiger partial charge is 0.152 e. The number of nitrogens with zero attached hydrogens (tertiary/aromatic N) is 4. The van der Waals surface area contributed by atoms with Crippen molar-refractivity contribution in [2.75, 3.05) is 55.9 Å². The SMILES string of the molecule is CN(C)c1cccc(-n2cc(CCCN3CCS(=O)(=O)CC3)c3ccc(-c4ccc(N)c(F)c4)nc32)c1. The van der Waals surface area contributed by atoms with Gasteiger partial charge in [-0.25, -0.2) is 17.8 Å². The van der Waals surface area contributed by atoms with Gasteiger partial charge in [-0.2, -0.15) is 0 Å². The minimum Gasteiger partial charge on any atom is -0.396 e. The molecule has 7 nitrogen and oxygen atoms in total. The molecule has 5 rings (SSSR count). The van der Waals surface area contributed by atoms with Gasteiger partial charge in [0.2, 0.25) is 0 Å². The summed E-state index contributed by atoms with van der Waals surface area (Å²) in [5, 5.41) is 1.05. The predicted molar refractivity (Wildman–Crippen MR) is 149 cm³/mol. The van der Waals surface area contributed by atoms with Crippen LogP contribution in [0.25, 0.3) is 28.0 Å². The lowest BCUT2D eigenvalue weighted by Crippen LogP contribution is -2.40. The molecule has 1 aliphatic rings. The molecule has 0 aliphatic carbocycles. The monoisotopic (exact) mass is 521 g/mol. The van der Waals surface area contributed by atoms with Gasteiger partial charge in [-0.15, -0.1) is 0 Å². The number of pyridine rings is 1. The van der Waals surface area contributed by atoms with E-state index in [9.17, 15) is 12.8 Å². The van der Waals surface area contributed by atoms with E-state index in [1.54, 1.807) is 12.1 Å². The second-order valence-electron chi connectivity index (χ2n) is 9.84. The number of anilines is 2. The molecule has 2 aromatic carbocycles. The number of fused-ring (bicyclic) bond motifs is 1. The van der Waals surface area contributed by atoms with Gasteiger partial charge in [-0.05, 0) is 67.4 Å². The van der Waals surface area contributed by atoms with Gasteiger partial charge < -0.3 is 20.1 Å². The zero-order chi connectivity index (χ0) is 26.2. The van der Waals surface area contributed by atoms with Crippen molar-refractivity contribution in [3.63, 3.8) is 0 Å². The van der Waals surface area contributed by atoms with Crippen LogP contribution < -0.4 is 10.6 Å². The van der Waals surface area contributed by atoms with Gasteiger partial charge in [0.15, 0.2) is 9.84 Å². The van der Waals surface area contributed by atoms with Gasteiger partial charge in [-0.1, -0.05) is 12.1 Å². The maximum absolute atomic E-state index is 14.2. The van der Waals surface area contributed by atoms with Crippen molar-refractivity contribution in [3.8, 4) is 16.9 Å². The first-order valence-corrected chi connectivity index (χ1v) is 14.3. The molecule has 194 valence electrons. The van der Waals surface area contributed by atoms with E-state index in [1.807, 2.05) is 26.2 Å². The maximum atomic E-state index is 14.2. The van der Waals surface area contributed by atoms with Crippen molar-refractivity contribution in [2.45, 2.75) is 12.8 Å². The van der Waals surface area contributed by atoms with Crippen LogP contribution in [0.1, 0.15) is 12.0 Å². The minimum absolute atomic E-state index is 0.113. The van der Waals surface area contributed by atoms with E-state index in [0.717, 1.165) is 41.8 Å². The third kappa shape index (κ3) is 5.47. The van der Waals surface area contributed by atoms with Crippen LogP contribution in [-0.4, -0.2) is 68.1 Å². The Hall–Kier alpha value is -3.43. The summed E-state index contributed by atoms with van der Waals surface area (Å²) in [6.07, 6.45) is 3.90. The van der Waals surface area contributed by atoms with Crippen molar-refractivity contribution in [1.82, 2.24) is 14.5 Å². The average Bonchev–Trinajstić information content (AvgIpc) is 3.24. The lowest BCUT2D eigenvalue weighted by Gasteiger charge is -2.26. The normalized spacial score (nSPS) is 15.8. The van der Waals surface area contributed by atoms with E-state index < -0.39 is 15.7 Å². The fourth-order valence-electron chi connectivity index (χ4n) is 4.80. The average molecular weight is 522 g/mol. The van der Waals surface area contributed by atoms with Crippen molar-refractivity contribution in [1.29, 1.82) is 0 Å². The Morgan fingerprint density at radius 2 is 1.84 bits per heavy atom. The molecule has 1 fully saturated rings. The van der Waals surface area contributed by atoms with Crippen LogP contribution in [0.3, 0.4) is 0 Å². The van der Waals surface area contributed by atoms with Crippen LogP contribution in [0.15, 0.2) is 60.8 Å². The number of hydrogen-bond acceptors (Lipinski definition) is 6.